The van der Waals surface area contributed by atoms with Crippen molar-refractivity contribution in [2.45, 2.75) is 25.8 Å². The fraction of sp³-hybridized carbons (Fsp3) is 0.583. The molecular formula is C12H19N5O2. The number of nitrogen functional groups attached to an aromatic ring is 1. The number of hydrogen-bond acceptors (Lipinski definition) is 6. The minimum atomic E-state index is -0.509. The number of nitrogens with zero attached hydrogens (tertiary/aromatic N) is 3. The maximum atomic E-state index is 10.7. The first-order valence-electron chi connectivity index (χ1n) is 6.51. The van der Waals surface area contributed by atoms with E-state index < -0.39 is 4.92 Å². The molecule has 1 unspecified atom stereocenters. The topological polar surface area (TPSA) is 97.3 Å². The van der Waals surface area contributed by atoms with Crippen molar-refractivity contribution in [1.29, 1.82) is 0 Å². The van der Waals surface area contributed by atoms with Gasteiger partial charge in [-0.3, -0.25) is 10.1 Å². The SMILES string of the molecule is CCN(c1ccc([N+](=O)[O-])c(N)n1)C1CCCNC1. The number of anilines is 2. The number of aromatic nitrogens is 1. The average Bonchev–Trinajstić information content (AvgIpc) is 2.40. The summed E-state index contributed by atoms with van der Waals surface area (Å²) in [7, 11) is 0. The molecule has 2 heterocycles. The van der Waals surface area contributed by atoms with E-state index in [4.69, 9.17) is 5.73 Å². The molecule has 0 saturated carbocycles. The third-order valence-corrected chi connectivity index (χ3v) is 3.43. The molecule has 0 amide bonds. The molecule has 0 radical (unpaired) electrons. The van der Waals surface area contributed by atoms with Crippen molar-refractivity contribution in [2.75, 3.05) is 30.3 Å². The van der Waals surface area contributed by atoms with Crippen molar-refractivity contribution in [3.63, 3.8) is 0 Å². The largest absolute Gasteiger partial charge is 0.378 e. The number of nitrogens with one attached hydrogen (secondary N) is 1. The number of likely N-dealkylation sites (N-methyl/N-ethyl adjacent to an activating group) is 1. The van der Waals surface area contributed by atoms with Crippen molar-refractivity contribution >= 4 is 17.3 Å². The lowest BCUT2D eigenvalue weighted by Crippen LogP contribution is -2.46. The standard InChI is InChI=1S/C12H19N5O2/c1-2-16(9-4-3-7-14-8-9)11-6-5-10(17(18)19)12(13)15-11/h5-6,9,14H,2-4,7-8H2,1H3,(H2,13,15). The first kappa shape index (κ1) is 13.5. The Morgan fingerprint density at radius 2 is 2.42 bits per heavy atom. The predicted octanol–water partition coefficient (Wildman–Crippen LogP) is 1.15. The van der Waals surface area contributed by atoms with Gasteiger partial charge in [0.05, 0.1) is 4.92 Å². The Bertz CT molecular complexity index is 459. The van der Waals surface area contributed by atoms with E-state index in [-0.39, 0.29) is 11.5 Å². The lowest BCUT2D eigenvalue weighted by molar-refractivity contribution is -0.384. The Labute approximate surface area is 112 Å². The zero-order valence-corrected chi connectivity index (χ0v) is 11.0. The van der Waals surface area contributed by atoms with Crippen LogP contribution in [0.3, 0.4) is 0 Å². The van der Waals surface area contributed by atoms with Gasteiger partial charge in [-0.2, -0.15) is 0 Å². The average molecular weight is 265 g/mol. The van der Waals surface area contributed by atoms with E-state index in [0.717, 1.165) is 32.5 Å². The molecule has 1 fully saturated rings. The molecule has 1 aromatic rings. The second-order valence-electron chi connectivity index (χ2n) is 4.62. The van der Waals surface area contributed by atoms with Crippen molar-refractivity contribution < 1.29 is 4.92 Å². The van der Waals surface area contributed by atoms with E-state index in [9.17, 15) is 10.1 Å². The zero-order chi connectivity index (χ0) is 13.8. The number of rotatable bonds is 4. The smallest absolute Gasteiger partial charge is 0.311 e. The van der Waals surface area contributed by atoms with Gasteiger partial charge in [0.25, 0.3) is 0 Å². The first-order chi connectivity index (χ1) is 9.13. The van der Waals surface area contributed by atoms with Gasteiger partial charge in [0.1, 0.15) is 5.82 Å². The minimum Gasteiger partial charge on any atom is -0.378 e. The summed E-state index contributed by atoms with van der Waals surface area (Å²) in [6.07, 6.45) is 2.23. The Morgan fingerprint density at radius 3 is 2.95 bits per heavy atom. The highest BCUT2D eigenvalue weighted by Gasteiger charge is 2.22. The number of hydrogen-bond donors (Lipinski definition) is 2. The van der Waals surface area contributed by atoms with Crippen LogP contribution in [0.5, 0.6) is 0 Å². The molecule has 1 aromatic heterocycles. The van der Waals surface area contributed by atoms with Gasteiger partial charge in [-0.05, 0) is 32.4 Å². The molecule has 1 aliphatic rings. The molecule has 1 atom stereocenters. The monoisotopic (exact) mass is 265 g/mol. The van der Waals surface area contributed by atoms with E-state index in [1.165, 1.54) is 6.07 Å². The Kier molecular flexibility index (Phi) is 4.16. The van der Waals surface area contributed by atoms with Crippen molar-refractivity contribution in [3.05, 3.63) is 22.2 Å². The van der Waals surface area contributed by atoms with Crippen molar-refractivity contribution in [2.24, 2.45) is 0 Å². The molecule has 0 aliphatic carbocycles. The normalized spacial score (nSPS) is 19.1. The summed E-state index contributed by atoms with van der Waals surface area (Å²) >= 11 is 0. The van der Waals surface area contributed by atoms with Crippen LogP contribution in [0.25, 0.3) is 0 Å². The lowest BCUT2D eigenvalue weighted by Gasteiger charge is -2.34. The predicted molar refractivity (Wildman–Crippen MR) is 74.2 cm³/mol. The number of nitro groups is 1. The van der Waals surface area contributed by atoms with Gasteiger partial charge in [-0.25, -0.2) is 4.98 Å². The molecule has 0 spiro atoms. The van der Waals surface area contributed by atoms with Gasteiger partial charge in [0.15, 0.2) is 0 Å². The molecule has 1 saturated heterocycles. The second-order valence-corrected chi connectivity index (χ2v) is 4.62. The molecule has 19 heavy (non-hydrogen) atoms. The van der Waals surface area contributed by atoms with Gasteiger partial charge in [0, 0.05) is 25.2 Å². The van der Waals surface area contributed by atoms with Gasteiger partial charge in [-0.15, -0.1) is 0 Å². The zero-order valence-electron chi connectivity index (χ0n) is 11.0. The highest BCUT2D eigenvalue weighted by atomic mass is 16.6. The van der Waals surface area contributed by atoms with Crippen LogP contribution >= 0.6 is 0 Å². The molecule has 7 heteroatoms. The number of pyridine rings is 1. The van der Waals surface area contributed by atoms with Crippen molar-refractivity contribution in [1.82, 2.24) is 10.3 Å². The van der Waals surface area contributed by atoms with Crippen LogP contribution in [0.15, 0.2) is 12.1 Å². The molecule has 0 aromatic carbocycles. The summed E-state index contributed by atoms with van der Waals surface area (Å²) < 4.78 is 0. The fourth-order valence-electron chi connectivity index (χ4n) is 2.48. The van der Waals surface area contributed by atoms with Crippen LogP contribution in [0.2, 0.25) is 0 Å². The van der Waals surface area contributed by atoms with Gasteiger partial charge in [-0.1, -0.05) is 0 Å². The highest BCUT2D eigenvalue weighted by Crippen LogP contribution is 2.25. The summed E-state index contributed by atoms with van der Waals surface area (Å²) in [5.41, 5.74) is 5.51. The molecule has 3 N–H and O–H groups in total. The van der Waals surface area contributed by atoms with Crippen LogP contribution < -0.4 is 16.0 Å². The number of nitrogens with two attached hydrogens (primary N) is 1. The fourth-order valence-corrected chi connectivity index (χ4v) is 2.48. The lowest BCUT2D eigenvalue weighted by atomic mass is 10.1. The maximum Gasteiger partial charge on any atom is 0.311 e. The Hall–Kier alpha value is -1.89. The van der Waals surface area contributed by atoms with Gasteiger partial charge >= 0.3 is 5.69 Å². The van der Waals surface area contributed by atoms with Crippen LogP contribution in [-0.2, 0) is 0 Å². The molecule has 7 nitrogen and oxygen atoms in total. The summed E-state index contributed by atoms with van der Waals surface area (Å²) in [5.74, 6) is 0.684. The minimum absolute atomic E-state index is 0.0234. The Morgan fingerprint density at radius 1 is 1.63 bits per heavy atom. The summed E-state index contributed by atoms with van der Waals surface area (Å²) in [5, 5.41) is 14.1. The van der Waals surface area contributed by atoms with E-state index >= 15 is 0 Å². The Balaban J connectivity index is 2.23. The summed E-state index contributed by atoms with van der Waals surface area (Å²) in [6.45, 7) is 4.81. The second kappa shape index (κ2) is 5.83. The van der Waals surface area contributed by atoms with Crippen LogP contribution in [0.1, 0.15) is 19.8 Å². The van der Waals surface area contributed by atoms with Gasteiger partial charge < -0.3 is 16.0 Å². The third kappa shape index (κ3) is 2.93. The highest BCUT2D eigenvalue weighted by molar-refractivity contribution is 5.58. The number of piperidine rings is 1. The quantitative estimate of drug-likeness (QED) is 0.626. The van der Waals surface area contributed by atoms with Crippen LogP contribution in [0, 0.1) is 10.1 Å². The van der Waals surface area contributed by atoms with Crippen molar-refractivity contribution in [3.8, 4) is 0 Å². The molecule has 0 bridgehead atoms. The first-order valence-corrected chi connectivity index (χ1v) is 6.51. The molecular weight excluding hydrogens is 246 g/mol. The van der Waals surface area contributed by atoms with E-state index in [0.29, 0.717) is 11.9 Å². The molecule has 1 aliphatic heterocycles. The molecule has 2 rings (SSSR count). The summed E-state index contributed by atoms with van der Waals surface area (Å²) in [6, 6.07) is 3.47. The maximum absolute atomic E-state index is 10.7. The van der Waals surface area contributed by atoms with Gasteiger partial charge in [0.2, 0.25) is 5.82 Å². The molecule has 104 valence electrons. The van der Waals surface area contributed by atoms with Crippen LogP contribution in [0.4, 0.5) is 17.3 Å². The van der Waals surface area contributed by atoms with E-state index in [1.54, 1.807) is 6.07 Å². The van der Waals surface area contributed by atoms with E-state index in [2.05, 4.69) is 15.2 Å². The third-order valence-electron chi connectivity index (χ3n) is 3.43. The van der Waals surface area contributed by atoms with E-state index in [1.807, 2.05) is 6.92 Å². The van der Waals surface area contributed by atoms with Crippen LogP contribution in [-0.4, -0.2) is 35.6 Å². The summed E-state index contributed by atoms with van der Waals surface area (Å²) in [4.78, 5) is 16.5.